The third kappa shape index (κ3) is 7.05. The van der Waals surface area contributed by atoms with Crippen molar-refractivity contribution in [1.29, 1.82) is 0 Å². The van der Waals surface area contributed by atoms with Crippen molar-refractivity contribution in [3.8, 4) is 5.75 Å². The number of anilines is 5. The van der Waals surface area contributed by atoms with Crippen LogP contribution in [-0.4, -0.2) is 67.7 Å². The van der Waals surface area contributed by atoms with E-state index in [1.54, 1.807) is 50.2 Å². The molecule has 1 fully saturated rings. The SMILES string of the molecule is COc1cc(C(=O)NC2CCCC(N(C)C)C2)ccc1Nc1nc(N)c(Cl)c(Nc2ccccc2S(=O)(=O)C(C)C)n1. The second-order valence-electron chi connectivity index (χ2n) is 10.8. The lowest BCUT2D eigenvalue weighted by Gasteiger charge is -2.33. The maximum absolute atomic E-state index is 13.1. The lowest BCUT2D eigenvalue weighted by Crippen LogP contribution is -2.43. The number of amides is 1. The Bertz CT molecular complexity index is 1550. The van der Waals surface area contributed by atoms with Crippen molar-refractivity contribution < 1.29 is 17.9 Å². The molecule has 0 saturated heterocycles. The maximum atomic E-state index is 13.1. The number of nitrogens with one attached hydrogen (secondary N) is 3. The summed E-state index contributed by atoms with van der Waals surface area (Å²) in [4.78, 5) is 24.1. The Hall–Kier alpha value is -3.61. The van der Waals surface area contributed by atoms with Crippen LogP contribution in [0, 0.1) is 0 Å². The summed E-state index contributed by atoms with van der Waals surface area (Å²) in [5.74, 6) is 0.433. The molecule has 11 nitrogen and oxygen atoms in total. The highest BCUT2D eigenvalue weighted by atomic mass is 35.5. The van der Waals surface area contributed by atoms with Crippen LogP contribution in [-0.2, 0) is 9.84 Å². The molecule has 5 N–H and O–H groups in total. The van der Waals surface area contributed by atoms with Gasteiger partial charge in [-0.3, -0.25) is 4.79 Å². The van der Waals surface area contributed by atoms with Crippen molar-refractivity contribution in [2.24, 2.45) is 0 Å². The zero-order chi connectivity index (χ0) is 30.6. The summed E-state index contributed by atoms with van der Waals surface area (Å²) in [6.07, 6.45) is 4.06. The lowest BCUT2D eigenvalue weighted by molar-refractivity contribution is 0.0910. The van der Waals surface area contributed by atoms with Crippen LogP contribution in [0.5, 0.6) is 5.75 Å². The van der Waals surface area contributed by atoms with Gasteiger partial charge in [0, 0.05) is 17.6 Å². The number of aromatic nitrogens is 2. The van der Waals surface area contributed by atoms with Crippen LogP contribution in [0.1, 0.15) is 49.9 Å². The molecular weight excluding hydrogens is 578 g/mol. The van der Waals surface area contributed by atoms with Gasteiger partial charge in [0.05, 0.1) is 28.6 Å². The minimum atomic E-state index is -3.59. The van der Waals surface area contributed by atoms with Crippen LogP contribution < -0.4 is 26.4 Å². The number of hydrogen-bond donors (Lipinski definition) is 4. The molecule has 2 aromatic carbocycles. The summed E-state index contributed by atoms with van der Waals surface area (Å²) in [7, 11) is 2.04. The van der Waals surface area contributed by atoms with Crippen molar-refractivity contribution >= 4 is 56.3 Å². The molecule has 2 unspecified atom stereocenters. The zero-order valence-electron chi connectivity index (χ0n) is 24.4. The van der Waals surface area contributed by atoms with E-state index in [9.17, 15) is 13.2 Å². The first-order valence-corrected chi connectivity index (χ1v) is 15.7. The van der Waals surface area contributed by atoms with Gasteiger partial charge in [-0.2, -0.15) is 9.97 Å². The molecule has 0 bridgehead atoms. The van der Waals surface area contributed by atoms with E-state index in [-0.39, 0.29) is 39.5 Å². The Morgan fingerprint density at radius 2 is 1.83 bits per heavy atom. The van der Waals surface area contributed by atoms with Crippen molar-refractivity contribution in [2.75, 3.05) is 37.6 Å². The molecule has 0 aliphatic heterocycles. The van der Waals surface area contributed by atoms with Gasteiger partial charge in [-0.25, -0.2) is 8.42 Å². The third-order valence-electron chi connectivity index (χ3n) is 7.37. The lowest BCUT2D eigenvalue weighted by atomic mass is 9.90. The monoisotopic (exact) mass is 615 g/mol. The van der Waals surface area contributed by atoms with E-state index >= 15 is 0 Å². The molecule has 2 atom stereocenters. The molecule has 0 spiro atoms. The van der Waals surface area contributed by atoms with Crippen molar-refractivity contribution in [1.82, 2.24) is 20.2 Å². The smallest absolute Gasteiger partial charge is 0.251 e. The number of hydrogen-bond acceptors (Lipinski definition) is 10. The average Bonchev–Trinajstić information content (AvgIpc) is 2.96. The molecule has 1 aliphatic rings. The Morgan fingerprint density at radius 3 is 2.52 bits per heavy atom. The molecule has 3 aromatic rings. The number of nitrogens with two attached hydrogens (primary N) is 1. The fourth-order valence-corrected chi connectivity index (χ4v) is 6.23. The zero-order valence-corrected chi connectivity index (χ0v) is 26.0. The van der Waals surface area contributed by atoms with Gasteiger partial charge < -0.3 is 31.3 Å². The van der Waals surface area contributed by atoms with Gasteiger partial charge in [-0.05, 0) is 84.0 Å². The summed E-state index contributed by atoms with van der Waals surface area (Å²) >= 11 is 6.41. The first-order chi connectivity index (χ1) is 19.9. The number of benzene rings is 2. The number of methoxy groups -OCH3 is 1. The molecule has 0 radical (unpaired) electrons. The average molecular weight is 616 g/mol. The second-order valence-corrected chi connectivity index (χ2v) is 13.7. The van der Waals surface area contributed by atoms with Crippen LogP contribution in [0.2, 0.25) is 5.02 Å². The van der Waals surface area contributed by atoms with Crippen molar-refractivity contribution in [2.45, 2.75) is 61.8 Å². The quantitative estimate of drug-likeness (QED) is 0.245. The van der Waals surface area contributed by atoms with Gasteiger partial charge >= 0.3 is 0 Å². The highest BCUT2D eigenvalue weighted by molar-refractivity contribution is 7.92. The van der Waals surface area contributed by atoms with Crippen LogP contribution in [0.4, 0.5) is 29.0 Å². The van der Waals surface area contributed by atoms with Crippen molar-refractivity contribution in [3.05, 3.63) is 53.1 Å². The number of nitrogens with zero attached hydrogens (tertiary/aromatic N) is 3. The molecule has 1 amide bonds. The van der Waals surface area contributed by atoms with E-state index < -0.39 is 15.1 Å². The van der Waals surface area contributed by atoms with E-state index in [0.717, 1.165) is 25.7 Å². The van der Waals surface area contributed by atoms with Gasteiger partial charge in [0.1, 0.15) is 16.6 Å². The van der Waals surface area contributed by atoms with Crippen LogP contribution in [0.15, 0.2) is 47.4 Å². The number of halogens is 1. The van der Waals surface area contributed by atoms with E-state index in [0.29, 0.717) is 28.7 Å². The third-order valence-corrected chi connectivity index (χ3v) is 9.95. The molecule has 1 aliphatic carbocycles. The number of para-hydroxylation sites is 1. The molecule has 13 heteroatoms. The summed E-state index contributed by atoms with van der Waals surface area (Å²) in [6.45, 7) is 3.23. The summed E-state index contributed by atoms with van der Waals surface area (Å²) in [6, 6.07) is 12.1. The fraction of sp³-hybridized carbons (Fsp3) is 0.414. The molecule has 1 saturated carbocycles. The normalized spacial score (nSPS) is 17.2. The minimum Gasteiger partial charge on any atom is -0.495 e. The summed E-state index contributed by atoms with van der Waals surface area (Å²) in [5.41, 5.74) is 7.35. The van der Waals surface area contributed by atoms with E-state index in [4.69, 9.17) is 22.1 Å². The van der Waals surface area contributed by atoms with Crippen LogP contribution in [0.3, 0.4) is 0 Å². The first kappa shape index (κ1) is 31.3. The molecule has 4 rings (SSSR count). The molecule has 226 valence electrons. The van der Waals surface area contributed by atoms with Gasteiger partial charge in [0.25, 0.3) is 5.91 Å². The number of ether oxygens (including phenoxy) is 1. The number of nitrogen functional groups attached to an aromatic ring is 1. The molecular formula is C29H38ClN7O4S. The Morgan fingerprint density at radius 1 is 1.10 bits per heavy atom. The number of sulfone groups is 1. The van der Waals surface area contributed by atoms with Gasteiger partial charge in [-0.15, -0.1) is 0 Å². The van der Waals surface area contributed by atoms with E-state index in [2.05, 4.69) is 44.9 Å². The summed E-state index contributed by atoms with van der Waals surface area (Å²) < 4.78 is 31.4. The van der Waals surface area contributed by atoms with E-state index in [1.165, 1.54) is 13.2 Å². The fourth-order valence-electron chi connectivity index (χ4n) is 4.89. The van der Waals surface area contributed by atoms with Crippen molar-refractivity contribution in [3.63, 3.8) is 0 Å². The van der Waals surface area contributed by atoms with Crippen LogP contribution >= 0.6 is 11.6 Å². The molecule has 1 heterocycles. The predicted octanol–water partition coefficient (Wildman–Crippen LogP) is 4.99. The largest absolute Gasteiger partial charge is 0.495 e. The topological polar surface area (TPSA) is 152 Å². The Labute approximate surface area is 252 Å². The standard InChI is InChI=1S/C29H38ClN7O4S/c1-17(2)42(39,40)24-12-7-6-11-22(24)33-27-25(30)26(31)35-29(36-27)34-21-14-13-18(15-23(21)41-5)28(38)32-19-9-8-10-20(16-19)37(3)4/h6-7,11-15,17,19-20H,8-10,16H2,1-5H3,(H,32,38)(H4,31,33,34,35,36). The molecule has 42 heavy (non-hydrogen) atoms. The minimum absolute atomic E-state index is 0.0145. The van der Waals surface area contributed by atoms with Gasteiger partial charge in [0.15, 0.2) is 15.7 Å². The predicted molar refractivity (Wildman–Crippen MR) is 167 cm³/mol. The highest BCUT2D eigenvalue weighted by Crippen LogP contribution is 2.34. The van der Waals surface area contributed by atoms with Gasteiger partial charge in [-0.1, -0.05) is 23.7 Å². The second kappa shape index (κ2) is 13.1. The Balaban J connectivity index is 1.55. The Kier molecular flexibility index (Phi) is 9.80. The highest BCUT2D eigenvalue weighted by Gasteiger charge is 2.26. The van der Waals surface area contributed by atoms with Gasteiger partial charge in [0.2, 0.25) is 5.95 Å². The molecule has 1 aromatic heterocycles. The van der Waals surface area contributed by atoms with E-state index in [1.807, 2.05) is 0 Å². The number of carbonyl (C=O) groups is 1. The number of rotatable bonds is 10. The number of carbonyl (C=O) groups excluding carboxylic acids is 1. The summed E-state index contributed by atoms with van der Waals surface area (Å²) in [5, 5.41) is 8.64. The van der Waals surface area contributed by atoms with Crippen LogP contribution in [0.25, 0.3) is 0 Å². The maximum Gasteiger partial charge on any atom is 0.251 e. The first-order valence-electron chi connectivity index (χ1n) is 13.8.